The molecule has 2 aromatic rings. The average molecular weight is 261 g/mol. The van der Waals surface area contributed by atoms with E-state index in [0.29, 0.717) is 13.2 Å². The molecule has 0 spiro atoms. The van der Waals surface area contributed by atoms with E-state index in [9.17, 15) is 0 Å². The number of nitrogens with zero attached hydrogens (tertiary/aromatic N) is 1. The van der Waals surface area contributed by atoms with Gasteiger partial charge in [0.15, 0.2) is 0 Å². The summed E-state index contributed by atoms with van der Waals surface area (Å²) in [6.45, 7) is 1.93. The van der Waals surface area contributed by atoms with Crippen molar-refractivity contribution in [1.82, 2.24) is 15.5 Å². The van der Waals surface area contributed by atoms with Crippen molar-refractivity contribution in [3.63, 3.8) is 0 Å². The van der Waals surface area contributed by atoms with Gasteiger partial charge >= 0.3 is 0 Å². The Kier molecular flexibility index (Phi) is 4.94. The maximum atomic E-state index is 5.52. The number of aromatic amines is 1. The highest BCUT2D eigenvalue weighted by molar-refractivity contribution is 5.60. The minimum atomic E-state index is 0.560. The van der Waals surface area contributed by atoms with Crippen molar-refractivity contribution < 1.29 is 9.47 Å². The standard InChI is InChI=1S/C14H19N3O2/c1-15-10-12-9-14(17-16-12)11-3-5-13(6-4-11)19-8-7-18-2/h3-6,9,15H,7-8,10H2,1-2H3,(H,16,17). The predicted octanol–water partition coefficient (Wildman–Crippen LogP) is 1.82. The van der Waals surface area contributed by atoms with Gasteiger partial charge in [-0.25, -0.2) is 0 Å². The number of methoxy groups -OCH3 is 1. The van der Waals surface area contributed by atoms with E-state index in [1.54, 1.807) is 7.11 Å². The molecular formula is C14H19N3O2. The molecule has 1 aromatic carbocycles. The van der Waals surface area contributed by atoms with Gasteiger partial charge in [-0.2, -0.15) is 5.10 Å². The van der Waals surface area contributed by atoms with E-state index in [0.717, 1.165) is 29.2 Å². The third-order valence-corrected chi connectivity index (χ3v) is 2.70. The SMILES string of the molecule is CNCc1cc(-c2ccc(OCCOC)cc2)n[nH]1. The number of ether oxygens (including phenoxy) is 2. The van der Waals surface area contributed by atoms with Gasteiger partial charge in [0.1, 0.15) is 12.4 Å². The normalized spacial score (nSPS) is 10.6. The predicted molar refractivity (Wildman–Crippen MR) is 74.2 cm³/mol. The van der Waals surface area contributed by atoms with Gasteiger partial charge in [-0.1, -0.05) is 0 Å². The van der Waals surface area contributed by atoms with Crippen molar-refractivity contribution in [3.8, 4) is 17.0 Å². The second kappa shape index (κ2) is 6.92. The molecule has 5 heteroatoms. The molecule has 0 radical (unpaired) electrons. The first-order chi connectivity index (χ1) is 9.33. The smallest absolute Gasteiger partial charge is 0.119 e. The van der Waals surface area contributed by atoms with Crippen molar-refractivity contribution in [3.05, 3.63) is 36.0 Å². The van der Waals surface area contributed by atoms with E-state index in [4.69, 9.17) is 9.47 Å². The van der Waals surface area contributed by atoms with Crippen molar-refractivity contribution in [2.45, 2.75) is 6.54 Å². The molecule has 0 aliphatic rings. The quantitative estimate of drug-likeness (QED) is 0.746. The summed E-state index contributed by atoms with van der Waals surface area (Å²) in [4.78, 5) is 0. The Labute approximate surface area is 112 Å². The molecule has 19 heavy (non-hydrogen) atoms. The zero-order valence-electron chi connectivity index (χ0n) is 11.3. The summed E-state index contributed by atoms with van der Waals surface area (Å²) >= 11 is 0. The third-order valence-electron chi connectivity index (χ3n) is 2.70. The first-order valence-electron chi connectivity index (χ1n) is 6.24. The molecule has 0 aliphatic carbocycles. The Morgan fingerprint density at radius 2 is 2.00 bits per heavy atom. The molecule has 5 nitrogen and oxygen atoms in total. The van der Waals surface area contributed by atoms with Gasteiger partial charge in [0.05, 0.1) is 12.3 Å². The van der Waals surface area contributed by atoms with Crippen molar-refractivity contribution in [2.75, 3.05) is 27.4 Å². The molecule has 1 heterocycles. The highest BCUT2D eigenvalue weighted by Gasteiger charge is 2.03. The Morgan fingerprint density at radius 3 is 2.68 bits per heavy atom. The third kappa shape index (κ3) is 3.81. The van der Waals surface area contributed by atoms with Crippen LogP contribution in [0, 0.1) is 0 Å². The van der Waals surface area contributed by atoms with Gasteiger partial charge in [0.25, 0.3) is 0 Å². The average Bonchev–Trinajstić information content (AvgIpc) is 2.89. The van der Waals surface area contributed by atoms with Gasteiger partial charge in [0, 0.05) is 24.9 Å². The first kappa shape index (κ1) is 13.6. The number of hydrogen-bond acceptors (Lipinski definition) is 4. The second-order valence-electron chi connectivity index (χ2n) is 4.17. The lowest BCUT2D eigenvalue weighted by Gasteiger charge is -2.05. The Bertz CT molecular complexity index is 494. The van der Waals surface area contributed by atoms with E-state index in [-0.39, 0.29) is 0 Å². The molecule has 1 aromatic heterocycles. The highest BCUT2D eigenvalue weighted by atomic mass is 16.5. The largest absolute Gasteiger partial charge is 0.491 e. The molecule has 0 atom stereocenters. The van der Waals surface area contributed by atoms with Crippen molar-refractivity contribution in [2.24, 2.45) is 0 Å². The van der Waals surface area contributed by atoms with Gasteiger partial charge < -0.3 is 14.8 Å². The van der Waals surface area contributed by atoms with Gasteiger partial charge in [0.2, 0.25) is 0 Å². The van der Waals surface area contributed by atoms with Crippen LogP contribution in [0.3, 0.4) is 0 Å². The van der Waals surface area contributed by atoms with Crippen LogP contribution < -0.4 is 10.1 Å². The van der Waals surface area contributed by atoms with Gasteiger partial charge in [-0.3, -0.25) is 5.10 Å². The van der Waals surface area contributed by atoms with Crippen molar-refractivity contribution in [1.29, 1.82) is 0 Å². The molecule has 2 N–H and O–H groups in total. The van der Waals surface area contributed by atoms with Crippen LogP contribution in [0.2, 0.25) is 0 Å². The summed E-state index contributed by atoms with van der Waals surface area (Å²) in [5.41, 5.74) is 3.07. The van der Waals surface area contributed by atoms with Crippen LogP contribution in [0.5, 0.6) is 5.75 Å². The van der Waals surface area contributed by atoms with Crippen LogP contribution in [0.1, 0.15) is 5.69 Å². The summed E-state index contributed by atoms with van der Waals surface area (Å²) in [7, 11) is 3.57. The number of H-pyrrole nitrogens is 1. The molecule has 2 rings (SSSR count). The highest BCUT2D eigenvalue weighted by Crippen LogP contribution is 2.21. The topological polar surface area (TPSA) is 59.2 Å². The second-order valence-corrected chi connectivity index (χ2v) is 4.17. The summed E-state index contributed by atoms with van der Waals surface area (Å²) in [5.74, 6) is 0.840. The van der Waals surface area contributed by atoms with Gasteiger partial charge in [-0.05, 0) is 37.4 Å². The molecule has 0 unspecified atom stereocenters. The zero-order valence-corrected chi connectivity index (χ0v) is 11.3. The van der Waals surface area contributed by atoms with E-state index in [1.165, 1.54) is 0 Å². The van der Waals surface area contributed by atoms with Crippen LogP contribution >= 0.6 is 0 Å². The van der Waals surface area contributed by atoms with E-state index in [1.807, 2.05) is 37.4 Å². The Hall–Kier alpha value is -1.85. The monoisotopic (exact) mass is 261 g/mol. The fourth-order valence-corrected chi connectivity index (χ4v) is 1.76. The zero-order chi connectivity index (χ0) is 13.5. The molecule has 0 fully saturated rings. The summed E-state index contributed by atoms with van der Waals surface area (Å²) < 4.78 is 10.5. The molecule has 0 bridgehead atoms. The number of nitrogens with one attached hydrogen (secondary N) is 2. The fourth-order valence-electron chi connectivity index (χ4n) is 1.76. The Morgan fingerprint density at radius 1 is 1.21 bits per heavy atom. The summed E-state index contributed by atoms with van der Waals surface area (Å²) in [5, 5.41) is 10.4. The first-order valence-corrected chi connectivity index (χ1v) is 6.24. The van der Waals surface area contributed by atoms with Crippen LogP contribution in [-0.4, -0.2) is 37.6 Å². The van der Waals surface area contributed by atoms with Crippen LogP contribution in [-0.2, 0) is 11.3 Å². The molecule has 102 valence electrons. The number of rotatable bonds is 7. The molecule has 0 saturated carbocycles. The lowest BCUT2D eigenvalue weighted by atomic mass is 10.1. The van der Waals surface area contributed by atoms with Crippen LogP contribution in [0.25, 0.3) is 11.3 Å². The Balaban J connectivity index is 2.00. The maximum absolute atomic E-state index is 5.52. The number of aromatic nitrogens is 2. The minimum Gasteiger partial charge on any atom is -0.491 e. The fraction of sp³-hybridized carbons (Fsp3) is 0.357. The number of hydrogen-bond donors (Lipinski definition) is 2. The molecule has 0 amide bonds. The van der Waals surface area contributed by atoms with Crippen LogP contribution in [0.15, 0.2) is 30.3 Å². The lowest BCUT2D eigenvalue weighted by molar-refractivity contribution is 0.146. The molecular weight excluding hydrogens is 242 g/mol. The summed E-state index contributed by atoms with van der Waals surface area (Å²) in [6, 6.07) is 9.93. The summed E-state index contributed by atoms with van der Waals surface area (Å²) in [6.07, 6.45) is 0. The van der Waals surface area contributed by atoms with E-state index < -0.39 is 0 Å². The van der Waals surface area contributed by atoms with E-state index >= 15 is 0 Å². The number of benzene rings is 1. The minimum absolute atomic E-state index is 0.560. The molecule has 0 aliphatic heterocycles. The van der Waals surface area contributed by atoms with E-state index in [2.05, 4.69) is 15.5 Å². The lowest BCUT2D eigenvalue weighted by Crippen LogP contribution is -2.04. The van der Waals surface area contributed by atoms with Gasteiger partial charge in [-0.15, -0.1) is 0 Å². The van der Waals surface area contributed by atoms with Crippen LogP contribution in [0.4, 0.5) is 0 Å². The van der Waals surface area contributed by atoms with Crippen molar-refractivity contribution >= 4 is 0 Å². The molecule has 0 saturated heterocycles. The maximum Gasteiger partial charge on any atom is 0.119 e.